The van der Waals surface area contributed by atoms with E-state index in [0.29, 0.717) is 0 Å². The molecule has 0 bridgehead atoms. The molecule has 1 N–H and O–H groups in total. The van der Waals surface area contributed by atoms with Crippen molar-refractivity contribution >= 4 is 5.91 Å². The van der Waals surface area contributed by atoms with Gasteiger partial charge in [0.15, 0.2) is 5.82 Å². The molecule has 1 atom stereocenters. The molecule has 1 saturated heterocycles. The Kier molecular flexibility index (Phi) is 4.82. The van der Waals surface area contributed by atoms with Crippen LogP contribution >= 0.6 is 0 Å². The molecule has 6 heteroatoms. The first-order chi connectivity index (χ1) is 14.2. The number of carbonyl (C=O) groups excluding carboxylic acids is 1. The number of nitrogens with zero attached hydrogens (tertiary/aromatic N) is 3. The fraction of sp³-hybridized carbons (Fsp3) is 0.522. The van der Waals surface area contributed by atoms with Gasteiger partial charge in [-0.2, -0.15) is 0 Å². The number of halogens is 1. The van der Waals surface area contributed by atoms with Crippen LogP contribution in [0.1, 0.15) is 67.2 Å². The fourth-order valence-electron chi connectivity index (χ4n) is 5.36. The summed E-state index contributed by atoms with van der Waals surface area (Å²) in [5.41, 5.74) is 2.47. The highest BCUT2D eigenvalue weighted by atomic mass is 19.1. The Labute approximate surface area is 170 Å². The zero-order valence-corrected chi connectivity index (χ0v) is 16.7. The topological polar surface area (TPSA) is 58.1 Å². The van der Waals surface area contributed by atoms with Gasteiger partial charge >= 0.3 is 0 Å². The third-order valence-electron chi connectivity index (χ3n) is 6.88. The molecule has 1 aromatic carbocycles. The second-order valence-corrected chi connectivity index (χ2v) is 8.58. The lowest BCUT2D eigenvalue weighted by Gasteiger charge is -2.35. The van der Waals surface area contributed by atoms with Gasteiger partial charge in [-0.05, 0) is 43.4 Å². The van der Waals surface area contributed by atoms with Crippen molar-refractivity contribution in [1.29, 1.82) is 0 Å². The number of hydrogen-bond acceptors (Lipinski definition) is 4. The van der Waals surface area contributed by atoms with Gasteiger partial charge in [0.05, 0.1) is 11.5 Å². The van der Waals surface area contributed by atoms with Crippen LogP contribution in [0.15, 0.2) is 30.5 Å². The summed E-state index contributed by atoms with van der Waals surface area (Å²) in [5, 5.41) is 3.35. The van der Waals surface area contributed by atoms with E-state index in [0.717, 1.165) is 87.2 Å². The van der Waals surface area contributed by atoms with Gasteiger partial charge in [-0.25, -0.2) is 14.4 Å². The number of fused-ring (bicyclic) bond motifs is 1. The molecule has 1 amide bonds. The van der Waals surface area contributed by atoms with Gasteiger partial charge in [-0.3, -0.25) is 4.79 Å². The minimum Gasteiger partial charge on any atom is -0.332 e. The summed E-state index contributed by atoms with van der Waals surface area (Å²) in [6.45, 7) is 2.47. The smallest absolute Gasteiger partial charge is 0.233 e. The molecule has 29 heavy (non-hydrogen) atoms. The number of benzene rings is 1. The minimum atomic E-state index is -0.608. The van der Waals surface area contributed by atoms with Crippen LogP contribution in [-0.2, 0) is 23.2 Å². The molecule has 1 aromatic heterocycles. The van der Waals surface area contributed by atoms with Gasteiger partial charge in [0, 0.05) is 43.5 Å². The highest BCUT2D eigenvalue weighted by Crippen LogP contribution is 2.45. The van der Waals surface area contributed by atoms with E-state index in [4.69, 9.17) is 4.98 Å². The molecule has 1 unspecified atom stereocenters. The number of rotatable bonds is 3. The molecular weight excluding hydrogens is 367 g/mol. The Morgan fingerprint density at radius 2 is 2.10 bits per heavy atom. The molecular formula is C23H27FN4O. The lowest BCUT2D eigenvalue weighted by atomic mass is 9.77. The van der Waals surface area contributed by atoms with Crippen molar-refractivity contribution < 1.29 is 9.18 Å². The zero-order chi connectivity index (χ0) is 19.8. The van der Waals surface area contributed by atoms with Gasteiger partial charge in [-0.1, -0.05) is 25.0 Å². The quantitative estimate of drug-likeness (QED) is 0.867. The second kappa shape index (κ2) is 7.48. The highest BCUT2D eigenvalue weighted by Gasteiger charge is 2.48. The molecule has 1 saturated carbocycles. The van der Waals surface area contributed by atoms with E-state index in [1.165, 1.54) is 6.07 Å². The predicted octanol–water partition coefficient (Wildman–Crippen LogP) is 3.44. The van der Waals surface area contributed by atoms with Crippen LogP contribution in [-0.4, -0.2) is 33.9 Å². The molecule has 152 valence electrons. The van der Waals surface area contributed by atoms with E-state index in [2.05, 4.69) is 10.3 Å². The summed E-state index contributed by atoms with van der Waals surface area (Å²) in [5.74, 6) is 0.626. The van der Waals surface area contributed by atoms with Crippen LogP contribution in [0.3, 0.4) is 0 Å². The Morgan fingerprint density at radius 1 is 1.24 bits per heavy atom. The minimum absolute atomic E-state index is 0.0753. The largest absolute Gasteiger partial charge is 0.332 e. The number of nitrogens with one attached hydrogen (secondary N) is 1. The third-order valence-corrected chi connectivity index (χ3v) is 6.88. The van der Waals surface area contributed by atoms with Gasteiger partial charge in [0.1, 0.15) is 5.82 Å². The number of likely N-dealkylation sites (tertiary alicyclic amines) is 1. The summed E-state index contributed by atoms with van der Waals surface area (Å²) in [4.78, 5) is 25.4. The average Bonchev–Trinajstić information content (AvgIpc) is 3.43. The summed E-state index contributed by atoms with van der Waals surface area (Å²) in [6, 6.07) is 6.57. The molecule has 3 heterocycles. The van der Waals surface area contributed by atoms with Crippen molar-refractivity contribution in [1.82, 2.24) is 20.2 Å². The van der Waals surface area contributed by atoms with Crippen LogP contribution < -0.4 is 5.32 Å². The van der Waals surface area contributed by atoms with Crippen LogP contribution in [0, 0.1) is 5.82 Å². The third kappa shape index (κ3) is 3.23. The first-order valence-electron chi connectivity index (χ1n) is 10.8. The molecule has 1 aliphatic carbocycles. The summed E-state index contributed by atoms with van der Waals surface area (Å²) >= 11 is 0. The van der Waals surface area contributed by atoms with E-state index in [9.17, 15) is 9.18 Å². The normalized spacial score (nSPS) is 23.2. The van der Waals surface area contributed by atoms with Crippen LogP contribution in [0.5, 0.6) is 0 Å². The van der Waals surface area contributed by atoms with Crippen molar-refractivity contribution in [3.05, 3.63) is 58.9 Å². The summed E-state index contributed by atoms with van der Waals surface area (Å²) < 4.78 is 14.0. The van der Waals surface area contributed by atoms with Crippen molar-refractivity contribution in [2.75, 3.05) is 13.1 Å². The number of amides is 1. The van der Waals surface area contributed by atoms with Gasteiger partial charge in [0.25, 0.3) is 0 Å². The monoisotopic (exact) mass is 394 g/mol. The standard InChI is InChI=1S/C23H27FN4O/c24-18-6-3-5-17(13-18)23(9-1-2-10-23)22(29)28-12-4-7-20(28)21-26-15-16-14-25-11-8-19(16)27-21/h3,5-6,13,15,20,25H,1-2,4,7-12,14H2. The van der Waals surface area contributed by atoms with Crippen molar-refractivity contribution in [2.45, 2.75) is 62.9 Å². The predicted molar refractivity (Wildman–Crippen MR) is 108 cm³/mol. The summed E-state index contributed by atoms with van der Waals surface area (Å²) in [7, 11) is 0. The maximum atomic E-state index is 14.0. The van der Waals surface area contributed by atoms with E-state index >= 15 is 0 Å². The molecule has 5 rings (SSSR count). The average molecular weight is 394 g/mol. The van der Waals surface area contributed by atoms with Crippen LogP contribution in [0.25, 0.3) is 0 Å². The van der Waals surface area contributed by atoms with Crippen LogP contribution in [0.4, 0.5) is 4.39 Å². The Balaban J connectivity index is 1.48. The van der Waals surface area contributed by atoms with Gasteiger partial charge in [-0.15, -0.1) is 0 Å². The van der Waals surface area contributed by atoms with E-state index in [1.807, 2.05) is 17.2 Å². The molecule has 3 aliphatic rings. The van der Waals surface area contributed by atoms with Crippen molar-refractivity contribution in [3.63, 3.8) is 0 Å². The van der Waals surface area contributed by atoms with E-state index in [-0.39, 0.29) is 17.8 Å². The Hall–Kier alpha value is -2.34. The Morgan fingerprint density at radius 3 is 2.93 bits per heavy atom. The molecule has 2 fully saturated rings. The zero-order valence-electron chi connectivity index (χ0n) is 16.7. The first-order valence-corrected chi connectivity index (χ1v) is 10.8. The number of aromatic nitrogens is 2. The Bertz CT molecular complexity index is 925. The lowest BCUT2D eigenvalue weighted by molar-refractivity contribution is -0.138. The van der Waals surface area contributed by atoms with Gasteiger partial charge < -0.3 is 10.2 Å². The maximum absolute atomic E-state index is 14.0. The molecule has 0 spiro atoms. The fourth-order valence-corrected chi connectivity index (χ4v) is 5.36. The van der Waals surface area contributed by atoms with Crippen molar-refractivity contribution in [3.8, 4) is 0 Å². The molecule has 2 aliphatic heterocycles. The molecule has 2 aromatic rings. The molecule has 0 radical (unpaired) electrons. The van der Waals surface area contributed by atoms with Gasteiger partial charge in [0.2, 0.25) is 5.91 Å². The number of carbonyl (C=O) groups is 1. The highest BCUT2D eigenvalue weighted by molar-refractivity contribution is 5.89. The lowest BCUT2D eigenvalue weighted by Crippen LogP contribution is -2.45. The van der Waals surface area contributed by atoms with E-state index in [1.54, 1.807) is 12.1 Å². The first kappa shape index (κ1) is 18.7. The number of hydrogen-bond donors (Lipinski definition) is 1. The van der Waals surface area contributed by atoms with Crippen LogP contribution in [0.2, 0.25) is 0 Å². The second-order valence-electron chi connectivity index (χ2n) is 8.58. The van der Waals surface area contributed by atoms with Crippen molar-refractivity contribution in [2.24, 2.45) is 0 Å². The van der Waals surface area contributed by atoms with E-state index < -0.39 is 5.41 Å². The summed E-state index contributed by atoms with van der Waals surface area (Å²) in [6.07, 6.45) is 8.25. The molecule has 5 nitrogen and oxygen atoms in total. The maximum Gasteiger partial charge on any atom is 0.233 e. The SMILES string of the molecule is O=C(N1CCCC1c1ncc2c(n1)CCNC2)C1(c2cccc(F)c2)CCCC1.